The van der Waals surface area contributed by atoms with Crippen molar-refractivity contribution in [1.82, 2.24) is 5.32 Å². The molecule has 5 heteroatoms. The van der Waals surface area contributed by atoms with Crippen molar-refractivity contribution in [2.24, 2.45) is 5.92 Å². The standard InChI is InChI=1S/C18H25NO4/c1-3-12(13-5-8-16(23-2)9-6-13)11-17(20)19-15-7-4-14(10-15)18(21)22/h5-6,8-9,12,14-15H,3-4,7,10-11H2,1-2H3,(H,19,20)(H,21,22)/t12?,14-,15+/m0/s1. The third-order valence-electron chi connectivity index (χ3n) is 4.66. The molecule has 126 valence electrons. The zero-order chi connectivity index (χ0) is 16.8. The lowest BCUT2D eigenvalue weighted by Crippen LogP contribution is -2.34. The molecule has 0 radical (unpaired) electrons. The van der Waals surface area contributed by atoms with Gasteiger partial charge in [-0.15, -0.1) is 0 Å². The highest BCUT2D eigenvalue weighted by Crippen LogP contribution is 2.28. The molecule has 0 spiro atoms. The molecule has 0 saturated heterocycles. The predicted octanol–water partition coefficient (Wildman–Crippen LogP) is 2.95. The van der Waals surface area contributed by atoms with E-state index in [1.54, 1.807) is 7.11 Å². The lowest BCUT2D eigenvalue weighted by atomic mass is 9.92. The lowest BCUT2D eigenvalue weighted by molar-refractivity contribution is -0.141. The van der Waals surface area contributed by atoms with E-state index in [0.717, 1.165) is 24.2 Å². The first-order valence-electron chi connectivity index (χ1n) is 8.19. The van der Waals surface area contributed by atoms with Crippen LogP contribution in [0.1, 0.15) is 50.5 Å². The topological polar surface area (TPSA) is 75.6 Å². The number of carboxylic acid groups (broad SMARTS) is 1. The van der Waals surface area contributed by atoms with E-state index in [0.29, 0.717) is 19.3 Å². The Kier molecular flexibility index (Phi) is 6.02. The number of nitrogens with one attached hydrogen (secondary N) is 1. The summed E-state index contributed by atoms with van der Waals surface area (Å²) in [6.07, 6.45) is 3.25. The molecule has 5 nitrogen and oxygen atoms in total. The van der Waals surface area contributed by atoms with E-state index < -0.39 is 5.97 Å². The van der Waals surface area contributed by atoms with Gasteiger partial charge in [-0.25, -0.2) is 0 Å². The number of hydrogen-bond acceptors (Lipinski definition) is 3. The Morgan fingerprint density at radius 1 is 1.30 bits per heavy atom. The first-order valence-corrected chi connectivity index (χ1v) is 8.19. The van der Waals surface area contributed by atoms with E-state index in [9.17, 15) is 9.59 Å². The van der Waals surface area contributed by atoms with Crippen molar-refractivity contribution in [2.75, 3.05) is 7.11 Å². The minimum absolute atomic E-state index is 0.00280. The second-order valence-corrected chi connectivity index (χ2v) is 6.20. The van der Waals surface area contributed by atoms with Crippen molar-refractivity contribution in [3.63, 3.8) is 0 Å². The smallest absolute Gasteiger partial charge is 0.306 e. The molecule has 0 heterocycles. The molecule has 3 atom stereocenters. The Labute approximate surface area is 137 Å². The van der Waals surface area contributed by atoms with Gasteiger partial charge in [-0.1, -0.05) is 19.1 Å². The van der Waals surface area contributed by atoms with E-state index in [2.05, 4.69) is 12.2 Å². The molecule has 1 aromatic rings. The maximum atomic E-state index is 12.3. The Hall–Kier alpha value is -2.04. The number of aliphatic carboxylic acids is 1. The van der Waals surface area contributed by atoms with Crippen LogP contribution in [-0.4, -0.2) is 30.1 Å². The molecule has 1 aliphatic carbocycles. The molecule has 1 aliphatic rings. The molecule has 0 aliphatic heterocycles. The van der Waals surface area contributed by atoms with Crippen molar-refractivity contribution in [1.29, 1.82) is 0 Å². The highest BCUT2D eigenvalue weighted by atomic mass is 16.5. The van der Waals surface area contributed by atoms with Crippen LogP contribution in [0.5, 0.6) is 5.75 Å². The Bertz CT molecular complexity index is 540. The average molecular weight is 319 g/mol. The molecular formula is C18H25NO4. The molecule has 23 heavy (non-hydrogen) atoms. The van der Waals surface area contributed by atoms with Crippen LogP contribution in [0.15, 0.2) is 24.3 Å². The van der Waals surface area contributed by atoms with Crippen LogP contribution in [0.4, 0.5) is 0 Å². The maximum Gasteiger partial charge on any atom is 0.306 e. The highest BCUT2D eigenvalue weighted by molar-refractivity contribution is 5.77. The normalized spacial score (nSPS) is 21.7. The minimum Gasteiger partial charge on any atom is -0.497 e. The van der Waals surface area contributed by atoms with Crippen molar-refractivity contribution in [2.45, 2.75) is 51.0 Å². The van der Waals surface area contributed by atoms with Gasteiger partial charge in [0.15, 0.2) is 0 Å². The van der Waals surface area contributed by atoms with Crippen LogP contribution in [0, 0.1) is 5.92 Å². The van der Waals surface area contributed by atoms with Gasteiger partial charge in [0, 0.05) is 12.5 Å². The third-order valence-corrected chi connectivity index (χ3v) is 4.66. The van der Waals surface area contributed by atoms with Gasteiger partial charge in [-0.3, -0.25) is 9.59 Å². The number of rotatable bonds is 7. The number of amides is 1. The Balaban J connectivity index is 1.88. The molecule has 2 N–H and O–H groups in total. The van der Waals surface area contributed by atoms with E-state index in [1.165, 1.54) is 0 Å². The predicted molar refractivity (Wildman–Crippen MR) is 87.6 cm³/mol. The van der Waals surface area contributed by atoms with Crippen LogP contribution in [0.2, 0.25) is 0 Å². The fraction of sp³-hybridized carbons (Fsp3) is 0.556. The molecule has 0 bridgehead atoms. The first kappa shape index (κ1) is 17.3. The number of carboxylic acids is 1. The highest BCUT2D eigenvalue weighted by Gasteiger charge is 2.30. The monoisotopic (exact) mass is 319 g/mol. The zero-order valence-corrected chi connectivity index (χ0v) is 13.7. The van der Waals surface area contributed by atoms with E-state index in [-0.39, 0.29) is 23.8 Å². The van der Waals surface area contributed by atoms with Crippen molar-refractivity contribution in [3.8, 4) is 5.75 Å². The number of methoxy groups -OCH3 is 1. The van der Waals surface area contributed by atoms with E-state index >= 15 is 0 Å². The van der Waals surface area contributed by atoms with Crippen LogP contribution in [0.3, 0.4) is 0 Å². The van der Waals surface area contributed by atoms with Gasteiger partial charge < -0.3 is 15.2 Å². The summed E-state index contributed by atoms with van der Waals surface area (Å²) in [4.78, 5) is 23.2. The first-order chi connectivity index (χ1) is 11.0. The Morgan fingerprint density at radius 2 is 2.00 bits per heavy atom. The lowest BCUT2D eigenvalue weighted by Gasteiger charge is -2.18. The van der Waals surface area contributed by atoms with Crippen LogP contribution >= 0.6 is 0 Å². The quantitative estimate of drug-likeness (QED) is 0.810. The summed E-state index contributed by atoms with van der Waals surface area (Å²) in [6, 6.07) is 7.80. The summed E-state index contributed by atoms with van der Waals surface area (Å²) in [5, 5.41) is 12.0. The molecular weight excluding hydrogens is 294 g/mol. The molecule has 1 aromatic carbocycles. The van der Waals surface area contributed by atoms with Gasteiger partial charge in [-0.05, 0) is 49.3 Å². The van der Waals surface area contributed by atoms with Crippen LogP contribution in [0.25, 0.3) is 0 Å². The maximum absolute atomic E-state index is 12.3. The third kappa shape index (κ3) is 4.71. The molecule has 1 saturated carbocycles. The summed E-state index contributed by atoms with van der Waals surface area (Å²) in [6.45, 7) is 2.07. The van der Waals surface area contributed by atoms with Crippen LogP contribution < -0.4 is 10.1 Å². The zero-order valence-electron chi connectivity index (χ0n) is 13.7. The van der Waals surface area contributed by atoms with Gasteiger partial charge >= 0.3 is 5.97 Å². The molecule has 2 rings (SSSR count). The van der Waals surface area contributed by atoms with Crippen molar-refractivity contribution < 1.29 is 19.4 Å². The van der Waals surface area contributed by atoms with E-state index in [1.807, 2.05) is 24.3 Å². The van der Waals surface area contributed by atoms with Crippen LogP contribution in [-0.2, 0) is 9.59 Å². The summed E-state index contributed by atoms with van der Waals surface area (Å²) in [5.74, 6) is -0.102. The average Bonchev–Trinajstić information content (AvgIpc) is 3.01. The SMILES string of the molecule is CCC(CC(=O)N[C@@H]1CC[C@H](C(=O)O)C1)c1ccc(OC)cc1. The summed E-state index contributed by atoms with van der Waals surface area (Å²) in [5.41, 5.74) is 1.12. The van der Waals surface area contributed by atoms with Gasteiger partial charge in [0.25, 0.3) is 0 Å². The largest absolute Gasteiger partial charge is 0.497 e. The number of carbonyl (C=O) groups is 2. The Morgan fingerprint density at radius 3 is 2.52 bits per heavy atom. The molecule has 1 amide bonds. The summed E-state index contributed by atoms with van der Waals surface area (Å²) >= 11 is 0. The molecule has 1 unspecified atom stereocenters. The summed E-state index contributed by atoms with van der Waals surface area (Å²) in [7, 11) is 1.63. The van der Waals surface area contributed by atoms with Gasteiger partial charge in [0.2, 0.25) is 5.91 Å². The van der Waals surface area contributed by atoms with E-state index in [4.69, 9.17) is 9.84 Å². The minimum atomic E-state index is -0.758. The fourth-order valence-corrected chi connectivity index (χ4v) is 3.22. The number of hydrogen-bond donors (Lipinski definition) is 2. The molecule has 0 aromatic heterocycles. The van der Waals surface area contributed by atoms with Gasteiger partial charge in [0.05, 0.1) is 13.0 Å². The number of ether oxygens (including phenoxy) is 1. The van der Waals surface area contributed by atoms with Gasteiger partial charge in [-0.2, -0.15) is 0 Å². The van der Waals surface area contributed by atoms with Crippen molar-refractivity contribution in [3.05, 3.63) is 29.8 Å². The van der Waals surface area contributed by atoms with Crippen molar-refractivity contribution >= 4 is 11.9 Å². The molecule has 1 fully saturated rings. The number of benzene rings is 1. The second kappa shape index (κ2) is 7.99. The second-order valence-electron chi connectivity index (χ2n) is 6.20. The fourth-order valence-electron chi connectivity index (χ4n) is 3.22. The number of carbonyl (C=O) groups excluding carboxylic acids is 1. The van der Waals surface area contributed by atoms with Gasteiger partial charge in [0.1, 0.15) is 5.75 Å². The summed E-state index contributed by atoms with van der Waals surface area (Å²) < 4.78 is 5.15.